The third-order valence-corrected chi connectivity index (χ3v) is 4.10. The minimum Gasteiger partial charge on any atom is -0.462 e. The highest BCUT2D eigenvalue weighted by Gasteiger charge is 2.32. The van der Waals surface area contributed by atoms with Crippen molar-refractivity contribution in [2.24, 2.45) is 5.92 Å². The van der Waals surface area contributed by atoms with Crippen LogP contribution in [0.4, 0.5) is 0 Å². The van der Waals surface area contributed by atoms with Crippen molar-refractivity contribution in [1.29, 1.82) is 0 Å². The molecule has 6 heteroatoms. The number of carbonyl (C=O) groups excluding carboxylic acids is 1. The van der Waals surface area contributed by atoms with Gasteiger partial charge in [-0.25, -0.2) is 0 Å². The lowest BCUT2D eigenvalue weighted by molar-refractivity contribution is -0.154. The molecule has 6 nitrogen and oxygen atoms in total. The van der Waals surface area contributed by atoms with Crippen LogP contribution in [-0.4, -0.2) is 56.9 Å². The third kappa shape index (κ3) is 4.64. The zero-order valence-electron chi connectivity index (χ0n) is 13.5. The van der Waals surface area contributed by atoms with Crippen molar-refractivity contribution in [2.45, 2.75) is 50.3 Å². The number of hydrogen-bond donors (Lipinski definition) is 4. The SMILES string of the molecule is CC1C/C=C\C(O)[C@@H](O)[C@@H](O)C/C=C/C2=CC=CC(O)C2C(=O)O1. The van der Waals surface area contributed by atoms with Gasteiger partial charge in [-0.05, 0) is 18.9 Å². The van der Waals surface area contributed by atoms with Crippen LogP contribution in [0.25, 0.3) is 0 Å². The Morgan fingerprint density at radius 2 is 1.79 bits per heavy atom. The summed E-state index contributed by atoms with van der Waals surface area (Å²) in [5.74, 6) is -1.35. The van der Waals surface area contributed by atoms with Gasteiger partial charge in [0.1, 0.15) is 24.2 Å². The van der Waals surface area contributed by atoms with Gasteiger partial charge in [-0.1, -0.05) is 42.5 Å². The van der Waals surface area contributed by atoms with Gasteiger partial charge in [0, 0.05) is 6.42 Å². The number of carbonyl (C=O) groups is 1. The zero-order valence-corrected chi connectivity index (χ0v) is 13.5. The highest BCUT2D eigenvalue weighted by atomic mass is 16.5. The van der Waals surface area contributed by atoms with Crippen LogP contribution in [0.15, 0.2) is 48.1 Å². The Morgan fingerprint density at radius 3 is 2.54 bits per heavy atom. The van der Waals surface area contributed by atoms with Gasteiger partial charge < -0.3 is 25.2 Å². The molecule has 0 bridgehead atoms. The lowest BCUT2D eigenvalue weighted by Gasteiger charge is -2.25. The fourth-order valence-corrected chi connectivity index (χ4v) is 2.68. The predicted molar refractivity (Wildman–Crippen MR) is 87.8 cm³/mol. The minimum atomic E-state index is -1.31. The molecule has 4 N–H and O–H groups in total. The molecule has 2 rings (SSSR count). The second kappa shape index (κ2) is 8.39. The Balaban J connectivity index is 2.26. The summed E-state index contributed by atoms with van der Waals surface area (Å²) in [4.78, 5) is 12.4. The van der Waals surface area contributed by atoms with Crippen LogP contribution in [0.5, 0.6) is 0 Å². The maximum atomic E-state index is 12.4. The summed E-state index contributed by atoms with van der Waals surface area (Å²) in [5.41, 5.74) is 0.567. The molecule has 0 fully saturated rings. The monoisotopic (exact) mass is 336 g/mol. The first-order chi connectivity index (χ1) is 11.4. The summed E-state index contributed by atoms with van der Waals surface area (Å²) >= 11 is 0. The van der Waals surface area contributed by atoms with Crippen molar-refractivity contribution in [3.63, 3.8) is 0 Å². The number of esters is 1. The number of hydrogen-bond acceptors (Lipinski definition) is 6. The van der Waals surface area contributed by atoms with E-state index in [1.165, 1.54) is 12.2 Å². The van der Waals surface area contributed by atoms with Crippen LogP contribution < -0.4 is 0 Å². The quantitative estimate of drug-likeness (QED) is 0.376. The highest BCUT2D eigenvalue weighted by Crippen LogP contribution is 2.25. The molecule has 0 aromatic heterocycles. The van der Waals surface area contributed by atoms with Crippen LogP contribution in [0.2, 0.25) is 0 Å². The van der Waals surface area contributed by atoms with Crippen LogP contribution in [0.3, 0.4) is 0 Å². The van der Waals surface area contributed by atoms with E-state index >= 15 is 0 Å². The Bertz CT molecular complexity index is 562. The molecule has 0 aromatic carbocycles. The number of cyclic esters (lactones) is 1. The summed E-state index contributed by atoms with van der Waals surface area (Å²) in [5, 5.41) is 39.8. The molecule has 0 saturated heterocycles. The maximum Gasteiger partial charge on any atom is 0.316 e. The van der Waals surface area contributed by atoms with Gasteiger partial charge >= 0.3 is 5.97 Å². The van der Waals surface area contributed by atoms with E-state index in [0.29, 0.717) is 12.0 Å². The van der Waals surface area contributed by atoms with E-state index in [-0.39, 0.29) is 6.42 Å². The lowest BCUT2D eigenvalue weighted by Crippen LogP contribution is -2.36. The minimum absolute atomic E-state index is 0.0986. The first-order valence-corrected chi connectivity index (χ1v) is 8.04. The van der Waals surface area contributed by atoms with E-state index in [2.05, 4.69) is 0 Å². The van der Waals surface area contributed by atoms with Crippen LogP contribution >= 0.6 is 0 Å². The van der Waals surface area contributed by atoms with Crippen molar-refractivity contribution >= 4 is 5.97 Å². The fourth-order valence-electron chi connectivity index (χ4n) is 2.68. The smallest absolute Gasteiger partial charge is 0.316 e. The first kappa shape index (κ1) is 18.6. The van der Waals surface area contributed by atoms with E-state index < -0.39 is 42.4 Å². The van der Waals surface area contributed by atoms with E-state index in [1.54, 1.807) is 37.3 Å². The number of aliphatic hydroxyl groups excluding tert-OH is 4. The zero-order chi connectivity index (χ0) is 17.7. The van der Waals surface area contributed by atoms with Crippen molar-refractivity contribution in [1.82, 2.24) is 0 Å². The average Bonchev–Trinajstić information content (AvgIpc) is 2.52. The number of ether oxygens (including phenoxy) is 1. The largest absolute Gasteiger partial charge is 0.462 e. The standard InChI is InChI=1S/C18H24O6/c1-11-5-2-9-14(20)17(22)15(21)10-4-7-12-6-3-8-13(19)16(12)18(23)24-11/h2-4,6-9,11,13-17,19-22H,5,10H2,1H3/b7-4+,9-2-/t11?,13?,14?,15-,16?,17+/m0/s1. The van der Waals surface area contributed by atoms with Gasteiger partial charge in [-0.15, -0.1) is 0 Å². The Hall–Kier alpha value is -1.73. The highest BCUT2D eigenvalue weighted by molar-refractivity contribution is 5.78. The van der Waals surface area contributed by atoms with Gasteiger partial charge in [0.2, 0.25) is 0 Å². The number of allylic oxidation sites excluding steroid dienone is 3. The molecular formula is C18H24O6. The molecule has 1 heterocycles. The number of aliphatic hydroxyl groups is 4. The molecule has 2 aliphatic rings. The molecule has 0 saturated carbocycles. The first-order valence-electron chi connectivity index (χ1n) is 8.04. The van der Waals surface area contributed by atoms with E-state index in [1.807, 2.05) is 0 Å². The van der Waals surface area contributed by atoms with E-state index in [4.69, 9.17) is 4.74 Å². The summed E-state index contributed by atoms with van der Waals surface area (Å²) in [6, 6.07) is 0. The van der Waals surface area contributed by atoms with Crippen molar-refractivity contribution in [2.75, 3.05) is 0 Å². The van der Waals surface area contributed by atoms with E-state index in [9.17, 15) is 25.2 Å². The molecule has 0 spiro atoms. The second-order valence-electron chi connectivity index (χ2n) is 6.12. The van der Waals surface area contributed by atoms with Gasteiger partial charge in [0.15, 0.2) is 0 Å². The maximum absolute atomic E-state index is 12.4. The molecule has 0 radical (unpaired) electrons. The normalized spacial score (nSPS) is 40.7. The Labute approximate surface area is 141 Å². The second-order valence-corrected chi connectivity index (χ2v) is 6.12. The van der Waals surface area contributed by atoms with Gasteiger partial charge in [-0.2, -0.15) is 0 Å². The topological polar surface area (TPSA) is 107 Å². The van der Waals surface area contributed by atoms with Crippen molar-refractivity contribution < 1.29 is 30.0 Å². The third-order valence-electron chi connectivity index (χ3n) is 4.10. The van der Waals surface area contributed by atoms with Crippen LogP contribution in [-0.2, 0) is 9.53 Å². The predicted octanol–water partition coefficient (Wildman–Crippen LogP) is 0.380. The summed E-state index contributed by atoms with van der Waals surface area (Å²) < 4.78 is 5.37. The summed E-state index contributed by atoms with van der Waals surface area (Å²) in [6.07, 6.45) is 6.41. The van der Waals surface area contributed by atoms with E-state index in [0.717, 1.165) is 0 Å². The van der Waals surface area contributed by atoms with Gasteiger partial charge in [0.25, 0.3) is 0 Å². The Kier molecular flexibility index (Phi) is 6.51. The molecule has 0 amide bonds. The fraction of sp³-hybridized carbons (Fsp3) is 0.500. The average molecular weight is 336 g/mol. The molecule has 1 aliphatic carbocycles. The van der Waals surface area contributed by atoms with Gasteiger partial charge in [-0.3, -0.25) is 4.79 Å². The lowest BCUT2D eigenvalue weighted by atomic mass is 9.88. The van der Waals surface area contributed by atoms with Gasteiger partial charge in [0.05, 0.1) is 12.2 Å². The molecule has 0 aromatic rings. The molecule has 24 heavy (non-hydrogen) atoms. The van der Waals surface area contributed by atoms with Crippen molar-refractivity contribution in [3.8, 4) is 0 Å². The van der Waals surface area contributed by atoms with Crippen LogP contribution in [0, 0.1) is 5.92 Å². The molecule has 132 valence electrons. The molecule has 6 atom stereocenters. The summed E-state index contributed by atoms with van der Waals surface area (Å²) in [6.45, 7) is 1.70. The van der Waals surface area contributed by atoms with Crippen LogP contribution in [0.1, 0.15) is 19.8 Å². The molecule has 1 aliphatic heterocycles. The number of rotatable bonds is 0. The molecular weight excluding hydrogens is 312 g/mol. The Morgan fingerprint density at radius 1 is 1.04 bits per heavy atom. The van der Waals surface area contributed by atoms with Crippen molar-refractivity contribution in [3.05, 3.63) is 48.1 Å². The number of fused-ring (bicyclic) bond motifs is 1. The summed E-state index contributed by atoms with van der Waals surface area (Å²) in [7, 11) is 0. The molecule has 4 unspecified atom stereocenters.